The highest BCUT2D eigenvalue weighted by Crippen LogP contribution is 2.27. The van der Waals surface area contributed by atoms with Gasteiger partial charge in [-0.05, 0) is 32.1 Å². The van der Waals surface area contributed by atoms with Gasteiger partial charge in [0, 0.05) is 4.83 Å². The molecule has 1 unspecified atom stereocenters. The van der Waals surface area contributed by atoms with Crippen molar-refractivity contribution in [3.05, 3.63) is 12.2 Å². The van der Waals surface area contributed by atoms with Crippen molar-refractivity contribution in [2.75, 3.05) is 0 Å². The molecule has 0 aromatic heterocycles. The monoisotopic (exact) mass is 348 g/mol. The molecule has 1 rings (SSSR count). The summed E-state index contributed by atoms with van der Waals surface area (Å²) >= 11 is 10.0. The topological polar surface area (TPSA) is 29.5 Å². The molecule has 0 saturated carbocycles. The summed E-state index contributed by atoms with van der Waals surface area (Å²) in [6.07, 6.45) is 12.8. The van der Waals surface area contributed by atoms with Crippen LogP contribution in [-0.4, -0.2) is 33.6 Å². The lowest BCUT2D eigenvalue weighted by Gasteiger charge is -2.28. The lowest BCUT2D eigenvalue weighted by molar-refractivity contribution is -0.00898. The van der Waals surface area contributed by atoms with E-state index in [-0.39, 0.29) is 17.6 Å². The van der Waals surface area contributed by atoms with Gasteiger partial charge in [0.15, 0.2) is 0 Å². The molecule has 4 heteroatoms. The van der Waals surface area contributed by atoms with E-state index in [1.54, 1.807) is 0 Å². The number of rotatable bonds is 6. The number of terminal acetylenes is 1. The zero-order valence-electron chi connectivity index (χ0n) is 11.3. The van der Waals surface area contributed by atoms with E-state index in [9.17, 15) is 5.11 Å². The Morgan fingerprint density at radius 2 is 2.05 bits per heavy atom. The van der Waals surface area contributed by atoms with Gasteiger partial charge in [-0.2, -0.15) is 0 Å². The maximum atomic E-state index is 9.38. The number of aliphatic hydroxyl groups is 1. The minimum atomic E-state index is -0.710. The average molecular weight is 350 g/mol. The van der Waals surface area contributed by atoms with Crippen LogP contribution in [0.1, 0.15) is 39.0 Å². The van der Waals surface area contributed by atoms with Crippen molar-refractivity contribution in [3.8, 4) is 12.3 Å². The van der Waals surface area contributed by atoms with E-state index >= 15 is 0 Å². The predicted octanol–water partition coefficient (Wildman–Crippen LogP) is 3.65. The average Bonchev–Trinajstić information content (AvgIpc) is 2.69. The Bertz CT molecular complexity index is 327. The van der Waals surface area contributed by atoms with Gasteiger partial charge < -0.3 is 9.84 Å². The van der Waals surface area contributed by atoms with E-state index in [4.69, 9.17) is 22.8 Å². The van der Waals surface area contributed by atoms with E-state index < -0.39 is 6.10 Å². The van der Waals surface area contributed by atoms with Crippen molar-refractivity contribution in [1.82, 2.24) is 0 Å². The predicted molar refractivity (Wildman–Crippen MR) is 83.8 cm³/mol. The molecule has 0 aliphatic carbocycles. The molecule has 108 valence electrons. The summed E-state index contributed by atoms with van der Waals surface area (Å²) in [7, 11) is 0. The molecule has 0 saturated heterocycles. The first-order chi connectivity index (χ1) is 9.08. The molecule has 19 heavy (non-hydrogen) atoms. The maximum absolute atomic E-state index is 9.38. The molecule has 0 amide bonds. The molecule has 0 fully saturated rings. The van der Waals surface area contributed by atoms with Gasteiger partial charge in [-0.3, -0.25) is 0 Å². The fraction of sp³-hybridized carbons (Fsp3) is 0.733. The second-order valence-electron chi connectivity index (χ2n) is 4.86. The van der Waals surface area contributed by atoms with Crippen LogP contribution in [0, 0.1) is 12.3 Å². The highest BCUT2D eigenvalue weighted by atomic mass is 79.9. The molecule has 0 bridgehead atoms. The zero-order chi connectivity index (χ0) is 14.3. The molecule has 0 aromatic rings. The molecule has 1 aliphatic rings. The van der Waals surface area contributed by atoms with Crippen molar-refractivity contribution in [2.45, 2.75) is 67.5 Å². The summed E-state index contributed by atoms with van der Waals surface area (Å²) in [5.74, 6) is 2.31. The van der Waals surface area contributed by atoms with Crippen molar-refractivity contribution in [1.29, 1.82) is 0 Å². The SMILES string of the molecule is C#CC(O)CC[C@@H](Cl)[C@H]1CC=CC[C@@H]([C@@H](Br)CC)O1. The van der Waals surface area contributed by atoms with Gasteiger partial charge in [0.1, 0.15) is 6.10 Å². The molecule has 2 nitrogen and oxygen atoms in total. The van der Waals surface area contributed by atoms with Gasteiger partial charge in [-0.25, -0.2) is 0 Å². The van der Waals surface area contributed by atoms with E-state index in [0.29, 0.717) is 17.7 Å². The molecular weight excluding hydrogens is 328 g/mol. The van der Waals surface area contributed by atoms with Crippen molar-refractivity contribution in [3.63, 3.8) is 0 Å². The summed E-state index contributed by atoms with van der Waals surface area (Å²) in [6, 6.07) is 0. The normalized spacial score (nSPS) is 28.2. The number of alkyl halides is 2. The number of hydrogen-bond acceptors (Lipinski definition) is 2. The van der Waals surface area contributed by atoms with Gasteiger partial charge in [-0.15, -0.1) is 18.0 Å². The van der Waals surface area contributed by atoms with E-state index in [0.717, 1.165) is 19.3 Å². The fourth-order valence-corrected chi connectivity index (χ4v) is 2.74. The van der Waals surface area contributed by atoms with Crippen LogP contribution < -0.4 is 0 Å². The second kappa shape index (κ2) is 9.02. The summed E-state index contributed by atoms with van der Waals surface area (Å²) in [4.78, 5) is 0.345. The van der Waals surface area contributed by atoms with Gasteiger partial charge in [-0.1, -0.05) is 40.9 Å². The Morgan fingerprint density at radius 3 is 2.63 bits per heavy atom. The molecular formula is C15H22BrClO2. The lowest BCUT2D eigenvalue weighted by atomic mass is 10.1. The van der Waals surface area contributed by atoms with E-state index in [1.807, 2.05) is 0 Å². The highest BCUT2D eigenvalue weighted by Gasteiger charge is 2.27. The van der Waals surface area contributed by atoms with Crippen LogP contribution in [0.3, 0.4) is 0 Å². The van der Waals surface area contributed by atoms with Crippen LogP contribution in [0.15, 0.2) is 12.2 Å². The molecule has 5 atom stereocenters. The molecule has 0 radical (unpaired) electrons. The summed E-state index contributed by atoms with van der Waals surface area (Å²) in [5, 5.41) is 9.26. The zero-order valence-corrected chi connectivity index (χ0v) is 13.6. The first-order valence-electron chi connectivity index (χ1n) is 6.81. The van der Waals surface area contributed by atoms with Crippen LogP contribution in [0.2, 0.25) is 0 Å². The van der Waals surface area contributed by atoms with E-state index in [1.165, 1.54) is 0 Å². The first kappa shape index (κ1) is 17.0. The lowest BCUT2D eigenvalue weighted by Crippen LogP contribution is -2.33. The third kappa shape index (κ3) is 5.87. The second-order valence-corrected chi connectivity index (χ2v) is 6.59. The van der Waals surface area contributed by atoms with Gasteiger partial charge >= 0.3 is 0 Å². The van der Waals surface area contributed by atoms with E-state index in [2.05, 4.69) is 40.9 Å². The standard InChI is InChI=1S/C15H22BrClO2/c1-3-11(18)9-10-13(17)15-8-6-5-7-14(19-15)12(16)4-2/h1,5-6,11-15,18H,4,7-10H2,2H3/t11?,12-,13+,14-,15+/m0/s1. The third-order valence-corrected chi connectivity index (χ3v) is 5.09. The molecule has 1 aliphatic heterocycles. The van der Waals surface area contributed by atoms with Crippen molar-refractivity contribution < 1.29 is 9.84 Å². The highest BCUT2D eigenvalue weighted by molar-refractivity contribution is 9.09. The van der Waals surface area contributed by atoms with Crippen LogP contribution >= 0.6 is 27.5 Å². The third-order valence-electron chi connectivity index (χ3n) is 3.36. The minimum Gasteiger partial charge on any atom is -0.380 e. The largest absolute Gasteiger partial charge is 0.380 e. The Hall–Kier alpha value is -0.0100. The number of hydrogen-bond donors (Lipinski definition) is 1. The van der Waals surface area contributed by atoms with Gasteiger partial charge in [0.05, 0.1) is 17.6 Å². The van der Waals surface area contributed by atoms with Crippen LogP contribution in [0.25, 0.3) is 0 Å². The van der Waals surface area contributed by atoms with Crippen LogP contribution in [0.5, 0.6) is 0 Å². The summed E-state index contributed by atoms with van der Waals surface area (Å²) in [5.41, 5.74) is 0. The Balaban J connectivity index is 2.51. The van der Waals surface area contributed by atoms with Crippen molar-refractivity contribution >= 4 is 27.5 Å². The summed E-state index contributed by atoms with van der Waals surface area (Å²) < 4.78 is 6.12. The molecule has 0 aromatic carbocycles. The van der Waals surface area contributed by atoms with Gasteiger partial charge in [0.25, 0.3) is 0 Å². The fourth-order valence-electron chi connectivity index (χ4n) is 2.11. The van der Waals surface area contributed by atoms with Crippen molar-refractivity contribution in [2.24, 2.45) is 0 Å². The number of ether oxygens (including phenoxy) is 1. The molecule has 0 spiro atoms. The maximum Gasteiger partial charge on any atom is 0.114 e. The van der Waals surface area contributed by atoms with Crippen LogP contribution in [-0.2, 0) is 4.74 Å². The Labute approximate surface area is 129 Å². The quantitative estimate of drug-likeness (QED) is 0.450. The Kier molecular flexibility index (Phi) is 8.09. The first-order valence-corrected chi connectivity index (χ1v) is 8.16. The smallest absolute Gasteiger partial charge is 0.114 e. The molecule has 1 heterocycles. The van der Waals surface area contributed by atoms with Gasteiger partial charge in [0.2, 0.25) is 0 Å². The Morgan fingerprint density at radius 1 is 1.42 bits per heavy atom. The van der Waals surface area contributed by atoms with Crippen LogP contribution in [0.4, 0.5) is 0 Å². The number of halogens is 2. The summed E-state index contributed by atoms with van der Waals surface area (Å²) in [6.45, 7) is 2.13. The number of aliphatic hydroxyl groups excluding tert-OH is 1. The molecule has 1 N–H and O–H groups in total. The minimum absolute atomic E-state index is 0.0120.